The fourth-order valence-electron chi connectivity index (χ4n) is 3.75. The first-order chi connectivity index (χ1) is 17.6. The third-order valence-electron chi connectivity index (χ3n) is 6.24. The highest BCUT2D eigenvalue weighted by Crippen LogP contribution is 2.30. The van der Waals surface area contributed by atoms with Gasteiger partial charge in [0.15, 0.2) is 5.69 Å². The molecule has 1 aromatic heterocycles. The lowest BCUT2D eigenvalue weighted by atomic mass is 9.98. The third kappa shape index (κ3) is 6.65. The third-order valence-corrected chi connectivity index (χ3v) is 7.09. The first kappa shape index (κ1) is 27.7. The van der Waals surface area contributed by atoms with Crippen molar-refractivity contribution in [1.82, 2.24) is 14.6 Å². The quantitative estimate of drug-likeness (QED) is 0.351. The monoisotopic (exact) mass is 523 g/mol. The van der Waals surface area contributed by atoms with E-state index in [2.05, 4.69) is 9.69 Å². The summed E-state index contributed by atoms with van der Waals surface area (Å²) in [7, 11) is 1.56. The molecule has 3 rings (SSSR count). The molecule has 0 bridgehead atoms. The maximum absolute atomic E-state index is 14.0. The van der Waals surface area contributed by atoms with E-state index in [0.29, 0.717) is 24.2 Å². The Morgan fingerprint density at radius 1 is 1.11 bits per heavy atom. The molecule has 0 saturated carbocycles. The van der Waals surface area contributed by atoms with Gasteiger partial charge in [-0.3, -0.25) is 14.4 Å². The number of nitrogens with zero attached hydrogens (tertiary/aromatic N) is 2. The van der Waals surface area contributed by atoms with E-state index in [4.69, 9.17) is 16.2 Å². The van der Waals surface area contributed by atoms with Crippen LogP contribution in [0.3, 0.4) is 0 Å². The number of amides is 3. The summed E-state index contributed by atoms with van der Waals surface area (Å²) >= 11 is 0.792. The van der Waals surface area contributed by atoms with E-state index in [1.54, 1.807) is 31.4 Å². The zero-order valence-electron chi connectivity index (χ0n) is 21.5. The molecular formula is C27H33N5O4S. The Kier molecular flexibility index (Phi) is 8.88. The second-order valence-corrected chi connectivity index (χ2v) is 10.0. The molecule has 196 valence electrons. The van der Waals surface area contributed by atoms with Crippen molar-refractivity contribution in [2.24, 2.45) is 5.73 Å². The van der Waals surface area contributed by atoms with Crippen molar-refractivity contribution < 1.29 is 19.1 Å². The molecule has 0 spiro atoms. The van der Waals surface area contributed by atoms with E-state index < -0.39 is 23.4 Å². The number of hydrogen-bond donors (Lipinski definition) is 3. The maximum atomic E-state index is 14.0. The molecule has 10 heteroatoms. The van der Waals surface area contributed by atoms with Gasteiger partial charge in [0.2, 0.25) is 5.91 Å². The Morgan fingerprint density at radius 2 is 1.76 bits per heavy atom. The predicted molar refractivity (Wildman–Crippen MR) is 144 cm³/mol. The van der Waals surface area contributed by atoms with Crippen molar-refractivity contribution in [3.05, 3.63) is 76.3 Å². The van der Waals surface area contributed by atoms with Gasteiger partial charge in [-0.2, -0.15) is 4.37 Å². The number of nitrogen functional groups attached to an aromatic ring is 1. The number of anilines is 1. The van der Waals surface area contributed by atoms with E-state index >= 15 is 0 Å². The lowest BCUT2D eigenvalue weighted by Gasteiger charge is -2.34. The Hall–Kier alpha value is -3.92. The van der Waals surface area contributed by atoms with Gasteiger partial charge in [0, 0.05) is 12.1 Å². The minimum Gasteiger partial charge on any atom is -0.497 e. The summed E-state index contributed by atoms with van der Waals surface area (Å²) in [5, 5.41) is 3.07. The van der Waals surface area contributed by atoms with Gasteiger partial charge >= 0.3 is 0 Å². The number of benzene rings is 2. The van der Waals surface area contributed by atoms with Crippen LogP contribution in [0.4, 0.5) is 5.69 Å². The highest BCUT2D eigenvalue weighted by atomic mass is 32.1. The number of aromatic nitrogens is 1. The number of carbonyl (C=O) groups is 3. The summed E-state index contributed by atoms with van der Waals surface area (Å²) in [6.07, 6.45) is 1.18. The van der Waals surface area contributed by atoms with Crippen molar-refractivity contribution in [2.45, 2.75) is 45.2 Å². The second kappa shape index (κ2) is 11.9. The molecule has 3 aromatic rings. The van der Waals surface area contributed by atoms with Gasteiger partial charge in [0.05, 0.1) is 12.8 Å². The molecular weight excluding hydrogens is 490 g/mol. The van der Waals surface area contributed by atoms with E-state index in [-0.39, 0.29) is 28.7 Å². The summed E-state index contributed by atoms with van der Waals surface area (Å²) < 4.78 is 9.27. The van der Waals surface area contributed by atoms with E-state index in [1.165, 1.54) is 4.90 Å². The Morgan fingerprint density at radius 3 is 2.30 bits per heavy atom. The number of rotatable bonds is 11. The molecule has 1 unspecified atom stereocenters. The highest BCUT2D eigenvalue weighted by Gasteiger charge is 2.36. The van der Waals surface area contributed by atoms with Crippen LogP contribution in [0.5, 0.6) is 5.75 Å². The normalized spacial score (nSPS) is 12.0. The Labute approximate surface area is 221 Å². The van der Waals surface area contributed by atoms with Crippen LogP contribution >= 0.6 is 11.5 Å². The van der Waals surface area contributed by atoms with Gasteiger partial charge in [-0.1, -0.05) is 49.4 Å². The first-order valence-electron chi connectivity index (χ1n) is 11.9. The Bertz CT molecular complexity index is 1240. The van der Waals surface area contributed by atoms with E-state index in [0.717, 1.165) is 17.1 Å². The van der Waals surface area contributed by atoms with Crippen LogP contribution < -0.4 is 21.5 Å². The van der Waals surface area contributed by atoms with Crippen molar-refractivity contribution in [2.75, 3.05) is 19.4 Å². The fraction of sp³-hybridized carbons (Fsp3) is 0.333. The van der Waals surface area contributed by atoms with E-state index in [9.17, 15) is 14.4 Å². The van der Waals surface area contributed by atoms with Crippen LogP contribution in [0.1, 0.15) is 64.5 Å². The van der Waals surface area contributed by atoms with E-state index in [1.807, 2.05) is 51.1 Å². The Balaban J connectivity index is 2.10. The molecule has 0 aliphatic heterocycles. The molecule has 3 amide bonds. The molecule has 0 aliphatic rings. The van der Waals surface area contributed by atoms with Gasteiger partial charge in [-0.05, 0) is 61.5 Å². The standard InChI is InChI=1S/C27H33N5O4S/c1-5-27(2,3)30-25(34)22(18-11-13-19(36-4)14-12-18)32(16-15-17-9-7-6-8-10-17)26(35)23-20(28)21(24(29)33)31-37-23/h6-14,22H,5,15-16,28H2,1-4H3,(H2,29,33)(H,30,34). The molecule has 1 atom stereocenters. The SMILES string of the molecule is CCC(C)(C)NC(=O)C(c1ccc(OC)cc1)N(CCc1ccccc1)C(=O)c1snc(C(N)=O)c1N. The summed E-state index contributed by atoms with van der Waals surface area (Å²) in [6.45, 7) is 6.03. The molecule has 1 heterocycles. The summed E-state index contributed by atoms with van der Waals surface area (Å²) in [4.78, 5) is 41.0. The summed E-state index contributed by atoms with van der Waals surface area (Å²) in [5.74, 6) is -1.05. The second-order valence-electron chi connectivity index (χ2n) is 9.27. The number of ether oxygens (including phenoxy) is 1. The van der Waals surface area contributed by atoms with Crippen LogP contribution in [0, 0.1) is 0 Å². The van der Waals surface area contributed by atoms with Crippen LogP contribution in [-0.2, 0) is 11.2 Å². The van der Waals surface area contributed by atoms with Gasteiger partial charge in [-0.15, -0.1) is 0 Å². The topological polar surface area (TPSA) is 141 Å². The minimum absolute atomic E-state index is 0.0583. The van der Waals surface area contributed by atoms with Crippen LogP contribution in [0.15, 0.2) is 54.6 Å². The first-order valence-corrected chi connectivity index (χ1v) is 12.7. The molecule has 37 heavy (non-hydrogen) atoms. The predicted octanol–water partition coefficient (Wildman–Crippen LogP) is 3.56. The van der Waals surface area contributed by atoms with Crippen LogP contribution in [0.25, 0.3) is 0 Å². The molecule has 0 saturated heterocycles. The van der Waals surface area contributed by atoms with Crippen molar-refractivity contribution in [3.63, 3.8) is 0 Å². The van der Waals surface area contributed by atoms with Crippen molar-refractivity contribution in [3.8, 4) is 5.75 Å². The van der Waals surface area contributed by atoms with Crippen LogP contribution in [-0.4, -0.2) is 46.2 Å². The summed E-state index contributed by atoms with van der Waals surface area (Å²) in [6, 6.07) is 15.7. The van der Waals surface area contributed by atoms with Gasteiger partial charge in [0.1, 0.15) is 16.7 Å². The highest BCUT2D eigenvalue weighted by molar-refractivity contribution is 7.09. The molecule has 5 N–H and O–H groups in total. The zero-order chi connectivity index (χ0) is 27.2. The smallest absolute Gasteiger partial charge is 0.270 e. The number of hydrogen-bond acceptors (Lipinski definition) is 7. The number of primary amides is 1. The lowest BCUT2D eigenvalue weighted by Crippen LogP contribution is -2.50. The minimum atomic E-state index is -0.980. The largest absolute Gasteiger partial charge is 0.497 e. The number of nitrogens with two attached hydrogens (primary N) is 2. The molecule has 0 aliphatic carbocycles. The number of carbonyl (C=O) groups excluding carboxylic acids is 3. The summed E-state index contributed by atoms with van der Waals surface area (Å²) in [5.41, 5.74) is 12.3. The van der Waals surface area contributed by atoms with Crippen molar-refractivity contribution >= 4 is 34.9 Å². The van der Waals surface area contributed by atoms with Crippen molar-refractivity contribution in [1.29, 1.82) is 0 Å². The maximum Gasteiger partial charge on any atom is 0.270 e. The number of methoxy groups -OCH3 is 1. The fourth-order valence-corrected chi connectivity index (χ4v) is 4.51. The van der Waals surface area contributed by atoms with Crippen LogP contribution in [0.2, 0.25) is 0 Å². The number of nitrogens with one attached hydrogen (secondary N) is 1. The van der Waals surface area contributed by atoms with Gasteiger partial charge in [-0.25, -0.2) is 0 Å². The van der Waals surface area contributed by atoms with Gasteiger partial charge < -0.3 is 26.4 Å². The molecule has 9 nitrogen and oxygen atoms in total. The molecule has 0 fully saturated rings. The van der Waals surface area contributed by atoms with Gasteiger partial charge in [0.25, 0.3) is 11.8 Å². The average molecular weight is 524 g/mol. The zero-order valence-corrected chi connectivity index (χ0v) is 22.3. The average Bonchev–Trinajstić information content (AvgIpc) is 3.28. The molecule has 0 radical (unpaired) electrons. The molecule has 2 aromatic carbocycles. The lowest BCUT2D eigenvalue weighted by molar-refractivity contribution is -0.127.